The molecule has 1 fully saturated rings. The Kier molecular flexibility index (Phi) is 2.42. The molecule has 1 nitrogen and oxygen atoms in total. The van der Waals surface area contributed by atoms with E-state index in [0.717, 1.165) is 13.0 Å². The normalized spacial score (nSPS) is 23.8. The Hall–Kier alpha value is -0.820. The van der Waals surface area contributed by atoms with Crippen molar-refractivity contribution in [1.82, 2.24) is 0 Å². The molecule has 1 atom stereocenters. The first-order valence-corrected chi connectivity index (χ1v) is 4.39. The minimum Gasteiger partial charge on any atom is -0.368 e. The largest absolute Gasteiger partial charge is 0.368 e. The highest BCUT2D eigenvalue weighted by atomic mass is 16.5. The third-order valence-corrected chi connectivity index (χ3v) is 2.17. The van der Waals surface area contributed by atoms with Crippen molar-refractivity contribution in [1.29, 1.82) is 0 Å². The van der Waals surface area contributed by atoms with Crippen LogP contribution in [0.3, 0.4) is 0 Å². The molecular weight excluding hydrogens is 148 g/mol. The van der Waals surface area contributed by atoms with Gasteiger partial charge in [0, 0.05) is 12.5 Å². The number of hydrogen-bond donors (Lipinski definition) is 0. The number of rotatable bonds is 1. The summed E-state index contributed by atoms with van der Waals surface area (Å²) in [6.07, 6.45) is 2.32. The lowest BCUT2D eigenvalue weighted by molar-refractivity contribution is 0.140. The van der Waals surface area contributed by atoms with Gasteiger partial charge in [0.15, 0.2) is 0 Å². The van der Waals surface area contributed by atoms with Crippen LogP contribution in [0.1, 0.15) is 24.3 Å². The molecule has 12 heavy (non-hydrogen) atoms. The van der Waals surface area contributed by atoms with Crippen LogP contribution in [0.5, 0.6) is 0 Å². The molecule has 1 heterocycles. The number of benzene rings is 1. The summed E-state index contributed by atoms with van der Waals surface area (Å²) in [7, 11) is 0. The van der Waals surface area contributed by atoms with Gasteiger partial charge in [0.2, 0.25) is 0 Å². The van der Waals surface area contributed by atoms with Crippen molar-refractivity contribution in [3.63, 3.8) is 0 Å². The van der Waals surface area contributed by atoms with E-state index in [-0.39, 0.29) is 0 Å². The van der Waals surface area contributed by atoms with Gasteiger partial charge in [-0.15, -0.1) is 0 Å². The summed E-state index contributed by atoms with van der Waals surface area (Å²) in [6, 6.07) is 10.4. The van der Waals surface area contributed by atoms with Crippen LogP contribution in [0.4, 0.5) is 0 Å². The summed E-state index contributed by atoms with van der Waals surface area (Å²) in [5, 5.41) is 0. The van der Waals surface area contributed by atoms with Gasteiger partial charge in [-0.25, -0.2) is 0 Å². The van der Waals surface area contributed by atoms with Crippen LogP contribution in [0.15, 0.2) is 30.3 Å². The Bertz CT molecular complexity index is 224. The van der Waals surface area contributed by atoms with Gasteiger partial charge in [0.05, 0.1) is 0 Å². The molecule has 2 rings (SSSR count). The van der Waals surface area contributed by atoms with E-state index in [1.54, 1.807) is 0 Å². The van der Waals surface area contributed by atoms with Crippen LogP contribution < -0.4 is 0 Å². The Morgan fingerprint density at radius 3 is 2.75 bits per heavy atom. The van der Waals surface area contributed by atoms with Crippen LogP contribution in [0.25, 0.3) is 0 Å². The molecule has 1 aliphatic heterocycles. The predicted molar refractivity (Wildman–Crippen MR) is 47.6 cm³/mol. The maximum Gasteiger partial charge on any atom is 0.140 e. The fourth-order valence-corrected chi connectivity index (χ4v) is 1.50. The van der Waals surface area contributed by atoms with Gasteiger partial charge >= 0.3 is 0 Å². The van der Waals surface area contributed by atoms with E-state index in [9.17, 15) is 0 Å². The summed E-state index contributed by atoms with van der Waals surface area (Å²) in [6.45, 7) is 3.87. The lowest BCUT2D eigenvalue weighted by Gasteiger charge is -2.20. The Morgan fingerprint density at radius 2 is 2.08 bits per heavy atom. The summed E-state index contributed by atoms with van der Waals surface area (Å²) in [4.78, 5) is 0. The summed E-state index contributed by atoms with van der Waals surface area (Å²) in [5.41, 5.74) is 1.32. The molecule has 0 amide bonds. The van der Waals surface area contributed by atoms with Gasteiger partial charge in [-0.1, -0.05) is 30.3 Å². The maximum absolute atomic E-state index is 5.19. The topological polar surface area (TPSA) is 9.23 Å². The van der Waals surface area contributed by atoms with Gasteiger partial charge < -0.3 is 4.74 Å². The van der Waals surface area contributed by atoms with E-state index < -0.39 is 0 Å². The second kappa shape index (κ2) is 3.72. The summed E-state index contributed by atoms with van der Waals surface area (Å²) in [5.74, 6) is 0.389. The molecule has 0 spiro atoms. The molecule has 1 aromatic rings. The molecule has 62 valence electrons. The first-order chi connectivity index (χ1) is 5.97. The van der Waals surface area contributed by atoms with E-state index >= 15 is 0 Å². The van der Waals surface area contributed by atoms with Crippen LogP contribution in [-0.4, -0.2) is 6.61 Å². The average molecular weight is 160 g/mol. The van der Waals surface area contributed by atoms with Crippen LogP contribution in [0, 0.1) is 6.61 Å². The van der Waals surface area contributed by atoms with E-state index in [1.165, 1.54) is 12.0 Å². The van der Waals surface area contributed by atoms with E-state index in [4.69, 9.17) is 4.74 Å². The summed E-state index contributed by atoms with van der Waals surface area (Å²) >= 11 is 0. The molecule has 1 unspecified atom stereocenters. The Labute approximate surface area is 73.4 Å². The van der Waals surface area contributed by atoms with Crippen molar-refractivity contribution in [3.8, 4) is 0 Å². The van der Waals surface area contributed by atoms with Crippen LogP contribution in [-0.2, 0) is 4.74 Å². The predicted octanol–water partition coefficient (Wildman–Crippen LogP) is 2.62. The number of ether oxygens (including phenoxy) is 1. The van der Waals surface area contributed by atoms with Crippen LogP contribution >= 0.6 is 0 Å². The van der Waals surface area contributed by atoms with E-state index in [2.05, 4.69) is 30.9 Å². The van der Waals surface area contributed by atoms with Crippen molar-refractivity contribution in [3.05, 3.63) is 42.5 Å². The van der Waals surface area contributed by atoms with Gasteiger partial charge in [-0.3, -0.25) is 0 Å². The van der Waals surface area contributed by atoms with Gasteiger partial charge in [-0.2, -0.15) is 0 Å². The maximum atomic E-state index is 5.19. The van der Waals surface area contributed by atoms with Crippen molar-refractivity contribution in [2.75, 3.05) is 6.61 Å². The second-order valence-corrected chi connectivity index (χ2v) is 3.07. The molecule has 0 N–H and O–H groups in total. The lowest BCUT2D eigenvalue weighted by Crippen LogP contribution is -2.10. The van der Waals surface area contributed by atoms with E-state index in [1.807, 2.05) is 6.07 Å². The highest BCUT2D eigenvalue weighted by molar-refractivity contribution is 5.21. The SMILES string of the molecule is [C]1OCCCC1c1ccccc1. The van der Waals surface area contributed by atoms with Gasteiger partial charge in [-0.05, 0) is 18.4 Å². The second-order valence-electron chi connectivity index (χ2n) is 3.07. The van der Waals surface area contributed by atoms with Crippen molar-refractivity contribution < 1.29 is 4.74 Å². The highest BCUT2D eigenvalue weighted by Crippen LogP contribution is 2.27. The van der Waals surface area contributed by atoms with Gasteiger partial charge in [0.1, 0.15) is 6.61 Å². The molecule has 2 radical (unpaired) electrons. The highest BCUT2D eigenvalue weighted by Gasteiger charge is 2.16. The monoisotopic (exact) mass is 160 g/mol. The Morgan fingerprint density at radius 1 is 1.25 bits per heavy atom. The third kappa shape index (κ3) is 1.67. The smallest absolute Gasteiger partial charge is 0.140 e. The van der Waals surface area contributed by atoms with Gasteiger partial charge in [0.25, 0.3) is 0 Å². The first kappa shape index (κ1) is 7.81. The molecule has 1 heteroatoms. The average Bonchev–Trinajstić information content (AvgIpc) is 2.21. The van der Waals surface area contributed by atoms with E-state index in [0.29, 0.717) is 5.92 Å². The first-order valence-electron chi connectivity index (χ1n) is 4.39. The lowest BCUT2D eigenvalue weighted by atomic mass is 9.94. The third-order valence-electron chi connectivity index (χ3n) is 2.17. The zero-order valence-corrected chi connectivity index (χ0v) is 6.99. The molecular formula is C11H12O. The molecule has 1 saturated heterocycles. The molecule has 1 aliphatic rings. The fourth-order valence-electron chi connectivity index (χ4n) is 1.50. The van der Waals surface area contributed by atoms with Crippen molar-refractivity contribution in [2.24, 2.45) is 0 Å². The number of hydrogen-bond acceptors (Lipinski definition) is 1. The zero-order valence-electron chi connectivity index (χ0n) is 6.99. The molecule has 0 aliphatic carbocycles. The quantitative estimate of drug-likeness (QED) is 0.613. The minimum absolute atomic E-state index is 0.389. The molecule has 1 aromatic carbocycles. The standard InChI is InChI=1S/C11H12O/c1-2-5-10(6-3-1)11-7-4-8-12-9-11/h1-3,5-6,11H,4,7-8H2. The zero-order chi connectivity index (χ0) is 8.23. The fraction of sp³-hybridized carbons (Fsp3) is 0.364. The van der Waals surface area contributed by atoms with Crippen LogP contribution in [0.2, 0.25) is 0 Å². The molecule has 0 bridgehead atoms. The van der Waals surface area contributed by atoms with Crippen molar-refractivity contribution >= 4 is 0 Å². The Balaban J connectivity index is 2.08. The minimum atomic E-state index is 0.389. The molecule has 0 saturated carbocycles. The van der Waals surface area contributed by atoms with Crippen molar-refractivity contribution in [2.45, 2.75) is 18.8 Å². The molecule has 0 aromatic heterocycles. The summed E-state index contributed by atoms with van der Waals surface area (Å²) < 4.78 is 5.19.